The Morgan fingerprint density at radius 1 is 1.29 bits per heavy atom. The first-order valence-corrected chi connectivity index (χ1v) is 6.41. The zero-order valence-corrected chi connectivity index (χ0v) is 11.5. The van der Waals surface area contributed by atoms with E-state index in [1.54, 1.807) is 6.20 Å². The van der Waals surface area contributed by atoms with E-state index in [4.69, 9.17) is 4.74 Å². The lowest BCUT2D eigenvalue weighted by Crippen LogP contribution is -2.23. The van der Waals surface area contributed by atoms with E-state index in [9.17, 15) is 0 Å². The molecule has 1 rings (SSSR count). The van der Waals surface area contributed by atoms with Crippen LogP contribution in [-0.2, 0) is 0 Å². The first kappa shape index (κ1) is 14.0. The van der Waals surface area contributed by atoms with Crippen molar-refractivity contribution >= 4 is 0 Å². The smallest absolute Gasteiger partial charge is 0.218 e. The summed E-state index contributed by atoms with van der Waals surface area (Å²) in [6.45, 7) is 11.6. The summed E-state index contributed by atoms with van der Waals surface area (Å²) in [4.78, 5) is 4.34. The fourth-order valence-electron chi connectivity index (χ4n) is 1.56. The van der Waals surface area contributed by atoms with Crippen LogP contribution in [0.15, 0.2) is 18.3 Å². The molecular formula is C14H24N2O. The van der Waals surface area contributed by atoms with Gasteiger partial charge in [-0.2, -0.15) is 0 Å². The predicted octanol–water partition coefficient (Wildman–Crippen LogP) is 3.18. The lowest BCUT2D eigenvalue weighted by molar-refractivity contribution is 0.160. The third-order valence-electron chi connectivity index (χ3n) is 3.01. The van der Waals surface area contributed by atoms with Gasteiger partial charge in [0.1, 0.15) is 0 Å². The molecule has 3 heteroatoms. The van der Waals surface area contributed by atoms with Crippen LogP contribution in [0.4, 0.5) is 0 Å². The van der Waals surface area contributed by atoms with Gasteiger partial charge in [0, 0.05) is 17.8 Å². The molecule has 0 aliphatic rings. The Hall–Kier alpha value is -1.09. The Morgan fingerprint density at radius 3 is 2.59 bits per heavy atom. The molecule has 0 fully saturated rings. The molecule has 2 unspecified atom stereocenters. The van der Waals surface area contributed by atoms with E-state index in [0.717, 1.165) is 18.0 Å². The maximum absolute atomic E-state index is 5.92. The molecule has 17 heavy (non-hydrogen) atoms. The summed E-state index contributed by atoms with van der Waals surface area (Å²) in [5.41, 5.74) is 1.13. The van der Waals surface area contributed by atoms with Gasteiger partial charge < -0.3 is 10.1 Å². The van der Waals surface area contributed by atoms with E-state index in [-0.39, 0.29) is 12.1 Å². The van der Waals surface area contributed by atoms with Crippen molar-refractivity contribution in [3.8, 4) is 5.88 Å². The number of pyridine rings is 1. The highest BCUT2D eigenvalue weighted by Crippen LogP contribution is 2.24. The number of hydrogen-bond donors (Lipinski definition) is 1. The minimum absolute atomic E-state index is 0.178. The molecule has 1 aromatic heterocycles. The lowest BCUT2D eigenvalue weighted by Gasteiger charge is -2.21. The third kappa shape index (κ3) is 4.00. The van der Waals surface area contributed by atoms with Crippen molar-refractivity contribution in [2.24, 2.45) is 5.92 Å². The van der Waals surface area contributed by atoms with E-state index in [0.29, 0.717) is 5.92 Å². The normalized spacial score (nSPS) is 14.7. The monoisotopic (exact) mass is 236 g/mol. The van der Waals surface area contributed by atoms with Crippen molar-refractivity contribution in [2.45, 2.75) is 46.8 Å². The van der Waals surface area contributed by atoms with Gasteiger partial charge in [0.15, 0.2) is 0 Å². The Morgan fingerprint density at radius 2 is 2.00 bits per heavy atom. The summed E-state index contributed by atoms with van der Waals surface area (Å²) in [6.07, 6.45) is 1.96. The van der Waals surface area contributed by atoms with Gasteiger partial charge in [-0.1, -0.05) is 26.8 Å². The van der Waals surface area contributed by atoms with Crippen LogP contribution in [0.2, 0.25) is 0 Å². The van der Waals surface area contributed by atoms with E-state index < -0.39 is 0 Å². The van der Waals surface area contributed by atoms with Crippen LogP contribution in [0.5, 0.6) is 5.88 Å². The van der Waals surface area contributed by atoms with Crippen molar-refractivity contribution in [1.29, 1.82) is 0 Å². The van der Waals surface area contributed by atoms with Gasteiger partial charge in [-0.05, 0) is 32.4 Å². The Bertz CT molecular complexity index is 339. The average Bonchev–Trinajstić information content (AvgIpc) is 2.29. The quantitative estimate of drug-likeness (QED) is 0.823. The summed E-state index contributed by atoms with van der Waals surface area (Å²) in [5, 5.41) is 3.38. The second-order valence-corrected chi connectivity index (χ2v) is 4.74. The SMILES string of the molecule is CCNC(C)c1cccnc1OC(C)C(C)C. The van der Waals surface area contributed by atoms with Gasteiger partial charge in [-0.15, -0.1) is 0 Å². The highest BCUT2D eigenvalue weighted by atomic mass is 16.5. The lowest BCUT2D eigenvalue weighted by atomic mass is 10.1. The summed E-state index contributed by atoms with van der Waals surface area (Å²) < 4.78 is 5.92. The minimum Gasteiger partial charge on any atom is -0.474 e. The van der Waals surface area contributed by atoms with Gasteiger partial charge in [-0.25, -0.2) is 4.98 Å². The average molecular weight is 236 g/mol. The molecule has 0 saturated heterocycles. The topological polar surface area (TPSA) is 34.2 Å². The summed E-state index contributed by atoms with van der Waals surface area (Å²) in [7, 11) is 0. The fraction of sp³-hybridized carbons (Fsp3) is 0.643. The molecule has 0 saturated carbocycles. The molecule has 3 nitrogen and oxygen atoms in total. The van der Waals surface area contributed by atoms with Crippen LogP contribution in [0.1, 0.15) is 46.2 Å². The molecule has 0 aromatic carbocycles. The molecule has 1 heterocycles. The van der Waals surface area contributed by atoms with E-state index >= 15 is 0 Å². The summed E-state index contributed by atoms with van der Waals surface area (Å²) >= 11 is 0. The van der Waals surface area contributed by atoms with E-state index in [1.807, 2.05) is 6.07 Å². The van der Waals surface area contributed by atoms with E-state index in [1.165, 1.54) is 0 Å². The van der Waals surface area contributed by atoms with Gasteiger partial charge in [0.05, 0.1) is 6.10 Å². The van der Waals surface area contributed by atoms with Crippen molar-refractivity contribution in [2.75, 3.05) is 6.54 Å². The predicted molar refractivity (Wildman–Crippen MR) is 71.3 cm³/mol. The van der Waals surface area contributed by atoms with Crippen LogP contribution in [0.3, 0.4) is 0 Å². The molecule has 1 N–H and O–H groups in total. The van der Waals surface area contributed by atoms with Crippen LogP contribution >= 0.6 is 0 Å². The molecule has 0 spiro atoms. The van der Waals surface area contributed by atoms with Gasteiger partial charge in [0.2, 0.25) is 5.88 Å². The zero-order valence-electron chi connectivity index (χ0n) is 11.5. The number of nitrogens with zero attached hydrogens (tertiary/aromatic N) is 1. The van der Waals surface area contributed by atoms with E-state index in [2.05, 4.69) is 51.0 Å². The van der Waals surface area contributed by atoms with Gasteiger partial charge >= 0.3 is 0 Å². The number of aromatic nitrogens is 1. The van der Waals surface area contributed by atoms with Crippen molar-refractivity contribution in [3.05, 3.63) is 23.9 Å². The number of ether oxygens (including phenoxy) is 1. The summed E-state index contributed by atoms with van der Waals surface area (Å²) in [6, 6.07) is 4.29. The minimum atomic E-state index is 0.178. The second kappa shape index (κ2) is 6.60. The van der Waals surface area contributed by atoms with Crippen molar-refractivity contribution in [3.63, 3.8) is 0 Å². The van der Waals surface area contributed by atoms with Crippen LogP contribution in [-0.4, -0.2) is 17.6 Å². The molecule has 1 aromatic rings. The number of nitrogens with one attached hydrogen (secondary N) is 1. The fourth-order valence-corrected chi connectivity index (χ4v) is 1.56. The highest BCUT2D eigenvalue weighted by Gasteiger charge is 2.15. The standard InChI is InChI=1S/C14H24N2O/c1-6-15-11(4)13-8-7-9-16-14(13)17-12(5)10(2)3/h7-12,15H,6H2,1-5H3. The van der Waals surface area contributed by atoms with Crippen molar-refractivity contribution in [1.82, 2.24) is 10.3 Å². The highest BCUT2D eigenvalue weighted by molar-refractivity contribution is 5.28. The van der Waals surface area contributed by atoms with Crippen LogP contribution < -0.4 is 10.1 Å². The Labute approximate surface area is 105 Å². The number of hydrogen-bond acceptors (Lipinski definition) is 3. The largest absolute Gasteiger partial charge is 0.474 e. The maximum atomic E-state index is 5.92. The Balaban J connectivity index is 2.84. The second-order valence-electron chi connectivity index (χ2n) is 4.74. The molecule has 0 amide bonds. The molecule has 2 atom stereocenters. The number of rotatable bonds is 6. The first-order valence-electron chi connectivity index (χ1n) is 6.41. The van der Waals surface area contributed by atoms with Crippen LogP contribution in [0, 0.1) is 5.92 Å². The maximum Gasteiger partial charge on any atom is 0.218 e. The Kier molecular flexibility index (Phi) is 5.42. The molecule has 0 radical (unpaired) electrons. The zero-order chi connectivity index (χ0) is 12.8. The molecule has 96 valence electrons. The molecule has 0 bridgehead atoms. The van der Waals surface area contributed by atoms with Crippen molar-refractivity contribution < 1.29 is 4.74 Å². The molecule has 0 aliphatic carbocycles. The van der Waals surface area contributed by atoms with Gasteiger partial charge in [0.25, 0.3) is 0 Å². The molecule has 0 aliphatic heterocycles. The summed E-state index contributed by atoms with van der Waals surface area (Å²) in [5.74, 6) is 1.24. The van der Waals surface area contributed by atoms with Gasteiger partial charge in [-0.3, -0.25) is 0 Å². The van der Waals surface area contributed by atoms with Crippen LogP contribution in [0.25, 0.3) is 0 Å². The first-order chi connectivity index (χ1) is 8.06. The molecular weight excluding hydrogens is 212 g/mol. The third-order valence-corrected chi connectivity index (χ3v) is 3.01.